The van der Waals surface area contributed by atoms with Crippen LogP contribution >= 0.6 is 0 Å². The fraction of sp³-hybridized carbons (Fsp3) is 0.619. The molecule has 134 valence electrons. The molecular formula is C21H28N2O2. The summed E-state index contributed by atoms with van der Waals surface area (Å²) in [4.78, 5) is 28.6. The summed E-state index contributed by atoms with van der Waals surface area (Å²) >= 11 is 0. The van der Waals surface area contributed by atoms with Crippen LogP contribution in [0.15, 0.2) is 24.3 Å². The zero-order chi connectivity index (χ0) is 17.4. The molecule has 1 aromatic rings. The van der Waals surface area contributed by atoms with Gasteiger partial charge in [0.15, 0.2) is 0 Å². The summed E-state index contributed by atoms with van der Waals surface area (Å²) < 4.78 is 0. The van der Waals surface area contributed by atoms with E-state index in [1.54, 1.807) is 0 Å². The van der Waals surface area contributed by atoms with Gasteiger partial charge in [0.25, 0.3) is 0 Å². The SMILES string of the molecule is Cc1ccccc1C1CC(N(C(=O)CCN2CCCC2=O)C2CC2)C1. The van der Waals surface area contributed by atoms with E-state index in [2.05, 4.69) is 36.1 Å². The molecule has 1 aliphatic heterocycles. The number of aryl methyl sites for hydroxylation is 1. The molecule has 3 aliphatic rings. The Morgan fingerprint density at radius 3 is 2.60 bits per heavy atom. The maximum Gasteiger partial charge on any atom is 0.224 e. The predicted molar refractivity (Wildman–Crippen MR) is 97.2 cm³/mol. The van der Waals surface area contributed by atoms with E-state index in [-0.39, 0.29) is 11.8 Å². The van der Waals surface area contributed by atoms with E-state index in [9.17, 15) is 9.59 Å². The largest absolute Gasteiger partial charge is 0.342 e. The lowest BCUT2D eigenvalue weighted by atomic mass is 9.73. The molecule has 0 unspecified atom stereocenters. The first-order chi connectivity index (χ1) is 12.1. The normalized spacial score (nSPS) is 25.8. The Morgan fingerprint density at radius 2 is 1.96 bits per heavy atom. The summed E-state index contributed by atoms with van der Waals surface area (Å²) in [5, 5.41) is 0. The third kappa shape index (κ3) is 3.44. The van der Waals surface area contributed by atoms with Gasteiger partial charge in [0.2, 0.25) is 11.8 Å². The average molecular weight is 340 g/mol. The van der Waals surface area contributed by atoms with Crippen LogP contribution in [0.4, 0.5) is 0 Å². The molecule has 0 N–H and O–H groups in total. The van der Waals surface area contributed by atoms with Crippen molar-refractivity contribution >= 4 is 11.8 Å². The van der Waals surface area contributed by atoms with Gasteiger partial charge in [0.05, 0.1) is 0 Å². The van der Waals surface area contributed by atoms with Gasteiger partial charge in [-0.3, -0.25) is 9.59 Å². The van der Waals surface area contributed by atoms with Crippen molar-refractivity contribution in [1.82, 2.24) is 9.80 Å². The zero-order valence-corrected chi connectivity index (χ0v) is 15.1. The van der Waals surface area contributed by atoms with Gasteiger partial charge in [-0.2, -0.15) is 0 Å². The van der Waals surface area contributed by atoms with Crippen molar-refractivity contribution in [3.05, 3.63) is 35.4 Å². The average Bonchev–Trinajstić information content (AvgIpc) is 3.31. The molecule has 3 fully saturated rings. The Kier molecular flexibility index (Phi) is 4.53. The number of carbonyl (C=O) groups excluding carboxylic acids is 2. The lowest BCUT2D eigenvalue weighted by molar-refractivity contribution is -0.137. The number of benzene rings is 1. The molecule has 0 atom stereocenters. The molecule has 2 aliphatic carbocycles. The first-order valence-corrected chi connectivity index (χ1v) is 9.78. The molecule has 25 heavy (non-hydrogen) atoms. The van der Waals surface area contributed by atoms with E-state index in [0.717, 1.165) is 38.6 Å². The molecule has 2 saturated carbocycles. The second-order valence-electron chi connectivity index (χ2n) is 7.95. The Labute approximate surface area is 150 Å². The van der Waals surface area contributed by atoms with Crippen molar-refractivity contribution in [2.24, 2.45) is 0 Å². The number of carbonyl (C=O) groups is 2. The smallest absolute Gasteiger partial charge is 0.224 e. The summed E-state index contributed by atoms with van der Waals surface area (Å²) in [5.41, 5.74) is 2.81. The minimum Gasteiger partial charge on any atom is -0.342 e. The molecule has 4 nitrogen and oxygen atoms in total. The fourth-order valence-electron chi connectivity index (χ4n) is 4.47. The Bertz CT molecular complexity index is 662. The van der Waals surface area contributed by atoms with Crippen LogP contribution in [0.5, 0.6) is 0 Å². The highest BCUT2D eigenvalue weighted by Crippen LogP contribution is 2.44. The molecule has 4 rings (SSSR count). The van der Waals surface area contributed by atoms with Crippen molar-refractivity contribution in [1.29, 1.82) is 0 Å². The van der Waals surface area contributed by atoms with E-state index in [1.807, 2.05) is 4.90 Å². The van der Waals surface area contributed by atoms with Crippen LogP contribution in [0.2, 0.25) is 0 Å². The lowest BCUT2D eigenvalue weighted by Crippen LogP contribution is -2.49. The zero-order valence-electron chi connectivity index (χ0n) is 15.1. The van der Waals surface area contributed by atoms with Crippen LogP contribution in [0.25, 0.3) is 0 Å². The number of likely N-dealkylation sites (tertiary alicyclic amines) is 1. The number of nitrogens with zero attached hydrogens (tertiary/aromatic N) is 2. The summed E-state index contributed by atoms with van der Waals surface area (Å²) in [6.45, 7) is 3.61. The molecule has 0 bridgehead atoms. The van der Waals surface area contributed by atoms with Crippen LogP contribution in [0.3, 0.4) is 0 Å². The molecule has 1 saturated heterocycles. The van der Waals surface area contributed by atoms with Crippen molar-refractivity contribution in [2.45, 2.75) is 69.9 Å². The first-order valence-electron chi connectivity index (χ1n) is 9.78. The van der Waals surface area contributed by atoms with Gasteiger partial charge in [0, 0.05) is 38.0 Å². The standard InChI is InChI=1S/C21H28N2O2/c1-15-5-2-3-6-19(15)16-13-18(14-16)23(17-8-9-17)21(25)10-12-22-11-4-7-20(22)24/h2-3,5-6,16-18H,4,7-14H2,1H3. The van der Waals surface area contributed by atoms with Gasteiger partial charge in [-0.05, 0) is 56.1 Å². The van der Waals surface area contributed by atoms with Crippen LogP contribution < -0.4 is 0 Å². The first kappa shape index (κ1) is 16.6. The number of hydrogen-bond acceptors (Lipinski definition) is 2. The Hall–Kier alpha value is -1.84. The highest BCUT2D eigenvalue weighted by atomic mass is 16.2. The molecule has 2 amide bonds. The Morgan fingerprint density at radius 1 is 1.20 bits per heavy atom. The summed E-state index contributed by atoms with van der Waals surface area (Å²) in [6, 6.07) is 9.49. The molecule has 0 spiro atoms. The van der Waals surface area contributed by atoms with E-state index >= 15 is 0 Å². The number of amides is 2. The third-order valence-corrected chi connectivity index (χ3v) is 6.13. The molecule has 0 radical (unpaired) electrons. The van der Waals surface area contributed by atoms with Crippen LogP contribution in [0.1, 0.15) is 62.0 Å². The minimum atomic E-state index is 0.217. The van der Waals surface area contributed by atoms with Crippen molar-refractivity contribution in [3.8, 4) is 0 Å². The van der Waals surface area contributed by atoms with E-state index in [4.69, 9.17) is 0 Å². The monoisotopic (exact) mass is 340 g/mol. The summed E-state index contributed by atoms with van der Waals surface area (Å²) in [6.07, 6.45) is 6.58. The second-order valence-corrected chi connectivity index (χ2v) is 7.95. The second kappa shape index (κ2) is 6.81. The maximum absolute atomic E-state index is 12.8. The molecule has 1 aromatic carbocycles. The van der Waals surface area contributed by atoms with Crippen molar-refractivity contribution < 1.29 is 9.59 Å². The van der Waals surface area contributed by atoms with Gasteiger partial charge in [-0.1, -0.05) is 24.3 Å². The van der Waals surface area contributed by atoms with Gasteiger partial charge in [-0.25, -0.2) is 0 Å². The van der Waals surface area contributed by atoms with Gasteiger partial charge >= 0.3 is 0 Å². The third-order valence-electron chi connectivity index (χ3n) is 6.13. The summed E-state index contributed by atoms with van der Waals surface area (Å²) in [5.74, 6) is 1.07. The number of hydrogen-bond donors (Lipinski definition) is 0. The van der Waals surface area contributed by atoms with E-state index < -0.39 is 0 Å². The molecule has 0 aromatic heterocycles. The van der Waals surface area contributed by atoms with Crippen LogP contribution in [-0.2, 0) is 9.59 Å². The van der Waals surface area contributed by atoms with Crippen LogP contribution in [0, 0.1) is 6.92 Å². The lowest BCUT2D eigenvalue weighted by Gasteiger charge is -2.44. The fourth-order valence-corrected chi connectivity index (χ4v) is 4.47. The van der Waals surface area contributed by atoms with Gasteiger partial charge in [0.1, 0.15) is 0 Å². The topological polar surface area (TPSA) is 40.6 Å². The highest BCUT2D eigenvalue weighted by molar-refractivity contribution is 5.80. The Balaban J connectivity index is 1.34. The quantitative estimate of drug-likeness (QED) is 0.798. The summed E-state index contributed by atoms with van der Waals surface area (Å²) in [7, 11) is 0. The van der Waals surface area contributed by atoms with Crippen LogP contribution in [-0.4, -0.2) is 46.8 Å². The minimum absolute atomic E-state index is 0.217. The van der Waals surface area contributed by atoms with E-state index in [1.165, 1.54) is 11.1 Å². The predicted octanol–water partition coefficient (Wildman–Crippen LogP) is 3.24. The van der Waals surface area contributed by atoms with Gasteiger partial charge in [-0.15, -0.1) is 0 Å². The maximum atomic E-state index is 12.8. The van der Waals surface area contributed by atoms with E-state index in [0.29, 0.717) is 37.4 Å². The number of rotatable bonds is 6. The van der Waals surface area contributed by atoms with Crippen molar-refractivity contribution in [2.75, 3.05) is 13.1 Å². The molecule has 1 heterocycles. The van der Waals surface area contributed by atoms with Gasteiger partial charge < -0.3 is 9.80 Å². The molecular weight excluding hydrogens is 312 g/mol. The highest BCUT2D eigenvalue weighted by Gasteiger charge is 2.43. The molecule has 4 heteroatoms. The van der Waals surface area contributed by atoms with Crippen molar-refractivity contribution in [3.63, 3.8) is 0 Å².